The van der Waals surface area contributed by atoms with Crippen molar-refractivity contribution in [1.82, 2.24) is 5.32 Å². The first-order chi connectivity index (χ1) is 7.59. The molecule has 0 aliphatic heterocycles. The molecule has 0 spiro atoms. The first-order valence-electron chi connectivity index (χ1n) is 6.55. The molecule has 1 saturated carbocycles. The highest BCUT2D eigenvalue weighted by molar-refractivity contribution is 4.94. The van der Waals surface area contributed by atoms with E-state index in [1.165, 1.54) is 19.3 Å². The Bertz CT molecular complexity index is 190. The van der Waals surface area contributed by atoms with Crippen molar-refractivity contribution in [2.75, 3.05) is 26.8 Å². The molecule has 16 heavy (non-hydrogen) atoms. The number of hydrogen-bond acceptors (Lipinski definition) is 3. The van der Waals surface area contributed by atoms with Gasteiger partial charge in [-0.2, -0.15) is 0 Å². The summed E-state index contributed by atoms with van der Waals surface area (Å²) >= 11 is 0. The summed E-state index contributed by atoms with van der Waals surface area (Å²) in [6.45, 7) is 7.46. The summed E-state index contributed by atoms with van der Waals surface area (Å²) in [5.74, 6) is 0.588. The Hall–Kier alpha value is -0.120. The largest absolute Gasteiger partial charge is 0.385 e. The van der Waals surface area contributed by atoms with E-state index in [2.05, 4.69) is 19.2 Å². The van der Waals surface area contributed by atoms with Crippen LogP contribution in [0.2, 0.25) is 0 Å². The van der Waals surface area contributed by atoms with Gasteiger partial charge >= 0.3 is 0 Å². The molecule has 1 unspecified atom stereocenters. The lowest BCUT2D eigenvalue weighted by molar-refractivity contribution is 0.171. The number of nitrogens with two attached hydrogens (primary N) is 1. The zero-order valence-corrected chi connectivity index (χ0v) is 11.1. The summed E-state index contributed by atoms with van der Waals surface area (Å²) in [5, 5.41) is 3.55. The lowest BCUT2D eigenvalue weighted by Gasteiger charge is -2.18. The molecule has 0 heterocycles. The van der Waals surface area contributed by atoms with Crippen LogP contribution in [0.1, 0.15) is 39.5 Å². The van der Waals surface area contributed by atoms with Gasteiger partial charge in [-0.05, 0) is 43.6 Å². The molecule has 0 aromatic carbocycles. The molecule has 3 nitrogen and oxygen atoms in total. The first kappa shape index (κ1) is 13.9. The van der Waals surface area contributed by atoms with E-state index in [-0.39, 0.29) is 0 Å². The number of hydrogen-bond donors (Lipinski definition) is 2. The smallest absolute Gasteiger partial charge is 0.0468 e. The maximum Gasteiger partial charge on any atom is 0.0468 e. The highest BCUT2D eigenvalue weighted by Crippen LogP contribution is 2.48. The number of rotatable bonds is 9. The van der Waals surface area contributed by atoms with Crippen LogP contribution in [-0.2, 0) is 4.74 Å². The van der Waals surface area contributed by atoms with E-state index in [1.807, 2.05) is 0 Å². The number of methoxy groups -OCH3 is 1. The Balaban J connectivity index is 2.02. The third-order valence-corrected chi connectivity index (χ3v) is 3.80. The quantitative estimate of drug-likeness (QED) is 0.591. The van der Waals surface area contributed by atoms with E-state index in [0.717, 1.165) is 26.1 Å². The van der Waals surface area contributed by atoms with Crippen LogP contribution in [-0.4, -0.2) is 32.8 Å². The third kappa shape index (κ3) is 4.81. The van der Waals surface area contributed by atoms with Gasteiger partial charge in [0.2, 0.25) is 0 Å². The van der Waals surface area contributed by atoms with Crippen molar-refractivity contribution in [3.8, 4) is 0 Å². The van der Waals surface area contributed by atoms with Crippen LogP contribution in [0.3, 0.4) is 0 Å². The second kappa shape index (κ2) is 6.58. The Morgan fingerprint density at radius 2 is 2.06 bits per heavy atom. The van der Waals surface area contributed by atoms with Crippen molar-refractivity contribution in [2.45, 2.75) is 45.6 Å². The molecule has 96 valence electrons. The predicted octanol–water partition coefficient (Wildman–Crippen LogP) is 1.77. The molecule has 0 aromatic rings. The Kier molecular flexibility index (Phi) is 5.73. The number of nitrogens with one attached hydrogen (secondary N) is 1. The van der Waals surface area contributed by atoms with Crippen LogP contribution in [0.15, 0.2) is 0 Å². The molecule has 1 atom stereocenters. The Labute approximate surface area is 100 Å². The molecule has 3 N–H and O–H groups in total. The van der Waals surface area contributed by atoms with Crippen LogP contribution in [0.5, 0.6) is 0 Å². The summed E-state index contributed by atoms with van der Waals surface area (Å²) in [6.07, 6.45) is 5.00. The van der Waals surface area contributed by atoms with Crippen LogP contribution in [0.4, 0.5) is 0 Å². The van der Waals surface area contributed by atoms with Gasteiger partial charge in [0.25, 0.3) is 0 Å². The molecular weight excluding hydrogens is 200 g/mol. The first-order valence-corrected chi connectivity index (χ1v) is 6.55. The standard InChI is InChI=1S/C13H28N2O/c1-11(2)12(14)4-8-15-10-13(5-6-13)7-9-16-3/h11-12,15H,4-10,14H2,1-3H3. The lowest BCUT2D eigenvalue weighted by atomic mass is 10.0. The summed E-state index contributed by atoms with van der Waals surface area (Å²) in [5.41, 5.74) is 6.56. The zero-order valence-electron chi connectivity index (χ0n) is 11.1. The van der Waals surface area contributed by atoms with Gasteiger partial charge < -0.3 is 15.8 Å². The van der Waals surface area contributed by atoms with Crippen molar-refractivity contribution in [3.63, 3.8) is 0 Å². The zero-order chi connectivity index (χ0) is 12.0. The van der Waals surface area contributed by atoms with E-state index in [4.69, 9.17) is 10.5 Å². The lowest BCUT2D eigenvalue weighted by Crippen LogP contribution is -2.33. The predicted molar refractivity (Wildman–Crippen MR) is 68.5 cm³/mol. The molecule has 0 amide bonds. The molecule has 0 radical (unpaired) electrons. The Morgan fingerprint density at radius 1 is 1.38 bits per heavy atom. The van der Waals surface area contributed by atoms with Gasteiger partial charge in [0.15, 0.2) is 0 Å². The SMILES string of the molecule is COCCC1(CNCCC(N)C(C)C)CC1. The maximum atomic E-state index is 6.00. The van der Waals surface area contributed by atoms with Gasteiger partial charge in [-0.25, -0.2) is 0 Å². The minimum atomic E-state index is 0.335. The van der Waals surface area contributed by atoms with Crippen molar-refractivity contribution in [2.24, 2.45) is 17.1 Å². The van der Waals surface area contributed by atoms with Gasteiger partial charge in [-0.3, -0.25) is 0 Å². The van der Waals surface area contributed by atoms with E-state index in [1.54, 1.807) is 7.11 Å². The minimum absolute atomic E-state index is 0.335. The van der Waals surface area contributed by atoms with E-state index >= 15 is 0 Å². The fraction of sp³-hybridized carbons (Fsp3) is 1.00. The van der Waals surface area contributed by atoms with Gasteiger partial charge in [-0.15, -0.1) is 0 Å². The van der Waals surface area contributed by atoms with Crippen molar-refractivity contribution < 1.29 is 4.74 Å². The van der Waals surface area contributed by atoms with E-state index in [9.17, 15) is 0 Å². The van der Waals surface area contributed by atoms with Crippen LogP contribution in [0, 0.1) is 11.3 Å². The second-order valence-corrected chi connectivity index (χ2v) is 5.62. The van der Waals surface area contributed by atoms with E-state index < -0.39 is 0 Å². The monoisotopic (exact) mass is 228 g/mol. The molecule has 0 saturated heterocycles. The summed E-state index contributed by atoms with van der Waals surface area (Å²) in [4.78, 5) is 0. The summed E-state index contributed by atoms with van der Waals surface area (Å²) in [6, 6.07) is 0.335. The van der Waals surface area contributed by atoms with Crippen LogP contribution >= 0.6 is 0 Å². The normalized spacial score (nSPS) is 20.1. The average Bonchev–Trinajstić information content (AvgIpc) is 3.02. The molecule has 0 bridgehead atoms. The average molecular weight is 228 g/mol. The summed E-state index contributed by atoms with van der Waals surface area (Å²) < 4.78 is 5.15. The molecule has 1 aliphatic carbocycles. The second-order valence-electron chi connectivity index (χ2n) is 5.62. The van der Waals surface area contributed by atoms with Crippen molar-refractivity contribution in [1.29, 1.82) is 0 Å². The van der Waals surface area contributed by atoms with Gasteiger partial charge in [0.05, 0.1) is 0 Å². The van der Waals surface area contributed by atoms with Gasteiger partial charge in [0, 0.05) is 26.3 Å². The van der Waals surface area contributed by atoms with E-state index in [0.29, 0.717) is 17.4 Å². The Morgan fingerprint density at radius 3 is 2.56 bits per heavy atom. The molecule has 1 fully saturated rings. The van der Waals surface area contributed by atoms with Crippen LogP contribution < -0.4 is 11.1 Å². The maximum absolute atomic E-state index is 6.00. The topological polar surface area (TPSA) is 47.3 Å². The fourth-order valence-electron chi connectivity index (χ4n) is 1.97. The van der Waals surface area contributed by atoms with Crippen LogP contribution in [0.25, 0.3) is 0 Å². The van der Waals surface area contributed by atoms with Crippen molar-refractivity contribution in [3.05, 3.63) is 0 Å². The van der Waals surface area contributed by atoms with Crippen molar-refractivity contribution >= 4 is 0 Å². The highest BCUT2D eigenvalue weighted by Gasteiger charge is 2.41. The third-order valence-electron chi connectivity index (χ3n) is 3.80. The highest BCUT2D eigenvalue weighted by atomic mass is 16.5. The van der Waals surface area contributed by atoms with Gasteiger partial charge in [-0.1, -0.05) is 13.8 Å². The molecule has 1 rings (SSSR count). The van der Waals surface area contributed by atoms with Gasteiger partial charge in [0.1, 0.15) is 0 Å². The molecule has 3 heteroatoms. The molecular formula is C13H28N2O. The molecule has 0 aromatic heterocycles. The minimum Gasteiger partial charge on any atom is -0.385 e. The number of ether oxygens (including phenoxy) is 1. The summed E-state index contributed by atoms with van der Waals surface area (Å²) in [7, 11) is 1.78. The molecule has 1 aliphatic rings. The fourth-order valence-corrected chi connectivity index (χ4v) is 1.97.